The van der Waals surface area contributed by atoms with Crippen molar-refractivity contribution in [3.8, 4) is 11.5 Å². The van der Waals surface area contributed by atoms with Gasteiger partial charge in [-0.3, -0.25) is 0 Å². The van der Waals surface area contributed by atoms with Gasteiger partial charge in [0.15, 0.2) is 11.5 Å². The average molecular weight is 341 g/mol. The van der Waals surface area contributed by atoms with Gasteiger partial charge in [-0.1, -0.05) is 42.0 Å². The lowest BCUT2D eigenvalue weighted by Gasteiger charge is -2.17. The van der Waals surface area contributed by atoms with Crippen LogP contribution in [0.2, 0.25) is 0 Å². The summed E-state index contributed by atoms with van der Waals surface area (Å²) in [5, 5.41) is 3.49. The Morgan fingerprint density at radius 2 is 1.96 bits per heavy atom. The number of para-hydroxylation sites is 1. The van der Waals surface area contributed by atoms with E-state index in [1.807, 2.05) is 12.1 Å². The second kappa shape index (κ2) is 8.88. The van der Waals surface area contributed by atoms with Crippen LogP contribution in [0.3, 0.4) is 0 Å². The molecule has 2 aromatic rings. The first kappa shape index (κ1) is 17.8. The monoisotopic (exact) mass is 341 g/mol. The Hall–Kier alpha value is -2.04. The Balaban J connectivity index is 1.61. The number of aryl methyl sites for hydroxylation is 1. The number of rotatable bonds is 8. The summed E-state index contributed by atoms with van der Waals surface area (Å²) in [6, 6.07) is 14.6. The van der Waals surface area contributed by atoms with Crippen molar-refractivity contribution in [3.05, 3.63) is 59.2 Å². The number of hydrogen-bond donors (Lipinski definition) is 1. The van der Waals surface area contributed by atoms with E-state index in [4.69, 9.17) is 14.2 Å². The van der Waals surface area contributed by atoms with E-state index in [0.29, 0.717) is 6.61 Å². The summed E-state index contributed by atoms with van der Waals surface area (Å²) in [6.45, 7) is 5.07. The van der Waals surface area contributed by atoms with Crippen LogP contribution in [0.4, 0.5) is 0 Å². The van der Waals surface area contributed by atoms with Crippen LogP contribution in [0.25, 0.3) is 0 Å². The minimum atomic E-state index is 0.193. The molecule has 1 N–H and O–H groups in total. The number of methoxy groups -OCH3 is 1. The van der Waals surface area contributed by atoms with Crippen molar-refractivity contribution in [2.45, 2.75) is 39.0 Å². The van der Waals surface area contributed by atoms with E-state index < -0.39 is 0 Å². The predicted octanol–water partition coefficient (Wildman–Crippen LogP) is 3.85. The maximum absolute atomic E-state index is 6.07. The van der Waals surface area contributed by atoms with Crippen LogP contribution in [0.15, 0.2) is 42.5 Å². The number of benzene rings is 2. The molecule has 0 spiro atoms. The first-order chi connectivity index (χ1) is 12.3. The zero-order valence-corrected chi connectivity index (χ0v) is 15.1. The molecule has 3 rings (SSSR count). The third-order valence-electron chi connectivity index (χ3n) is 4.48. The van der Waals surface area contributed by atoms with Gasteiger partial charge in [-0.15, -0.1) is 0 Å². The fourth-order valence-corrected chi connectivity index (χ4v) is 3.02. The highest BCUT2D eigenvalue weighted by atomic mass is 16.5. The fourth-order valence-electron chi connectivity index (χ4n) is 3.02. The van der Waals surface area contributed by atoms with Crippen LogP contribution in [-0.4, -0.2) is 26.4 Å². The standard InChI is InChI=1S/C21H27NO3/c1-16-8-10-17(11-9-16)13-22-14-18-5-3-7-20(23-2)21(18)25-15-19-6-4-12-24-19/h3,5,7-11,19,22H,4,6,12-15H2,1-2H3. The van der Waals surface area contributed by atoms with E-state index in [1.54, 1.807) is 7.11 Å². The van der Waals surface area contributed by atoms with Crippen LogP contribution >= 0.6 is 0 Å². The van der Waals surface area contributed by atoms with E-state index >= 15 is 0 Å². The van der Waals surface area contributed by atoms with Gasteiger partial charge < -0.3 is 19.5 Å². The highest BCUT2D eigenvalue weighted by molar-refractivity contribution is 5.46. The molecule has 1 saturated heterocycles. The van der Waals surface area contributed by atoms with Gasteiger partial charge in [-0.25, -0.2) is 0 Å². The molecule has 0 saturated carbocycles. The van der Waals surface area contributed by atoms with Crippen molar-refractivity contribution >= 4 is 0 Å². The Morgan fingerprint density at radius 1 is 1.12 bits per heavy atom. The molecule has 1 unspecified atom stereocenters. The minimum absolute atomic E-state index is 0.193. The van der Waals surface area contributed by atoms with E-state index in [0.717, 1.165) is 49.6 Å². The normalized spacial score (nSPS) is 16.8. The van der Waals surface area contributed by atoms with Gasteiger partial charge in [0.1, 0.15) is 6.61 Å². The summed E-state index contributed by atoms with van der Waals surface area (Å²) in [6.07, 6.45) is 2.37. The number of hydrogen-bond acceptors (Lipinski definition) is 4. The zero-order chi connectivity index (χ0) is 17.5. The maximum atomic E-state index is 6.07. The van der Waals surface area contributed by atoms with Crippen LogP contribution in [-0.2, 0) is 17.8 Å². The molecule has 1 atom stereocenters. The van der Waals surface area contributed by atoms with Crippen molar-refractivity contribution in [2.75, 3.05) is 20.3 Å². The predicted molar refractivity (Wildman–Crippen MR) is 99.2 cm³/mol. The quantitative estimate of drug-likeness (QED) is 0.792. The van der Waals surface area contributed by atoms with E-state index in [1.165, 1.54) is 11.1 Å². The van der Waals surface area contributed by atoms with Gasteiger partial charge in [0.05, 0.1) is 13.2 Å². The average Bonchev–Trinajstić information content (AvgIpc) is 3.15. The molecule has 25 heavy (non-hydrogen) atoms. The summed E-state index contributed by atoms with van der Waals surface area (Å²) < 4.78 is 17.2. The second-order valence-electron chi connectivity index (χ2n) is 6.48. The van der Waals surface area contributed by atoms with Crippen molar-refractivity contribution in [3.63, 3.8) is 0 Å². The molecule has 0 amide bonds. The van der Waals surface area contributed by atoms with Crippen molar-refractivity contribution in [1.29, 1.82) is 0 Å². The van der Waals surface area contributed by atoms with Gasteiger partial charge in [0, 0.05) is 25.3 Å². The molecule has 1 heterocycles. The van der Waals surface area contributed by atoms with Gasteiger partial charge >= 0.3 is 0 Å². The Kier molecular flexibility index (Phi) is 6.31. The molecule has 1 aliphatic heterocycles. The third-order valence-corrected chi connectivity index (χ3v) is 4.48. The van der Waals surface area contributed by atoms with Gasteiger partial charge in [0.2, 0.25) is 0 Å². The van der Waals surface area contributed by atoms with E-state index in [-0.39, 0.29) is 6.10 Å². The highest BCUT2D eigenvalue weighted by Gasteiger charge is 2.18. The van der Waals surface area contributed by atoms with Crippen LogP contribution in [0.5, 0.6) is 11.5 Å². The lowest BCUT2D eigenvalue weighted by atomic mass is 10.1. The molecule has 134 valence electrons. The summed E-state index contributed by atoms with van der Waals surface area (Å²) >= 11 is 0. The van der Waals surface area contributed by atoms with Crippen molar-refractivity contribution < 1.29 is 14.2 Å². The van der Waals surface area contributed by atoms with Gasteiger partial charge in [0.25, 0.3) is 0 Å². The molecule has 0 radical (unpaired) electrons. The maximum Gasteiger partial charge on any atom is 0.165 e. The smallest absolute Gasteiger partial charge is 0.165 e. The molecular formula is C21H27NO3. The minimum Gasteiger partial charge on any atom is -0.493 e. The summed E-state index contributed by atoms with van der Waals surface area (Å²) in [5.41, 5.74) is 3.65. The molecule has 1 fully saturated rings. The van der Waals surface area contributed by atoms with Gasteiger partial charge in [-0.2, -0.15) is 0 Å². The molecule has 4 heteroatoms. The summed E-state index contributed by atoms with van der Waals surface area (Å²) in [4.78, 5) is 0. The lowest BCUT2D eigenvalue weighted by Crippen LogP contribution is -2.19. The summed E-state index contributed by atoms with van der Waals surface area (Å²) in [7, 11) is 1.68. The van der Waals surface area contributed by atoms with Crippen molar-refractivity contribution in [2.24, 2.45) is 0 Å². The van der Waals surface area contributed by atoms with Gasteiger partial charge in [-0.05, 0) is 31.4 Å². The lowest BCUT2D eigenvalue weighted by molar-refractivity contribution is 0.0666. The largest absolute Gasteiger partial charge is 0.493 e. The zero-order valence-electron chi connectivity index (χ0n) is 15.1. The van der Waals surface area contributed by atoms with E-state index in [2.05, 4.69) is 42.6 Å². The molecule has 0 bridgehead atoms. The fraction of sp³-hybridized carbons (Fsp3) is 0.429. The third kappa shape index (κ3) is 4.97. The molecule has 4 nitrogen and oxygen atoms in total. The molecular weight excluding hydrogens is 314 g/mol. The van der Waals surface area contributed by atoms with E-state index in [9.17, 15) is 0 Å². The molecule has 0 aliphatic carbocycles. The Morgan fingerprint density at radius 3 is 2.68 bits per heavy atom. The number of ether oxygens (including phenoxy) is 3. The van der Waals surface area contributed by atoms with Crippen LogP contribution in [0.1, 0.15) is 29.5 Å². The van der Waals surface area contributed by atoms with Crippen LogP contribution < -0.4 is 14.8 Å². The first-order valence-electron chi connectivity index (χ1n) is 8.93. The van der Waals surface area contributed by atoms with Crippen LogP contribution in [0, 0.1) is 6.92 Å². The Bertz CT molecular complexity index is 663. The van der Waals surface area contributed by atoms with Crippen molar-refractivity contribution in [1.82, 2.24) is 5.32 Å². The molecule has 2 aromatic carbocycles. The second-order valence-corrected chi connectivity index (χ2v) is 6.48. The SMILES string of the molecule is COc1cccc(CNCc2ccc(C)cc2)c1OCC1CCCO1. The highest BCUT2D eigenvalue weighted by Crippen LogP contribution is 2.31. The molecule has 0 aromatic heterocycles. The Labute approximate surface area is 150 Å². The summed E-state index contributed by atoms with van der Waals surface area (Å²) in [5.74, 6) is 1.59. The topological polar surface area (TPSA) is 39.7 Å². The number of nitrogens with one attached hydrogen (secondary N) is 1. The molecule has 1 aliphatic rings. The first-order valence-corrected chi connectivity index (χ1v) is 8.93.